The van der Waals surface area contributed by atoms with Crippen LogP contribution in [-0.4, -0.2) is 46.2 Å². The second-order valence-electron chi connectivity index (χ2n) is 7.66. The average Bonchev–Trinajstić information content (AvgIpc) is 2.60. The van der Waals surface area contributed by atoms with Gasteiger partial charge in [0.15, 0.2) is 0 Å². The number of amides is 1. The quantitative estimate of drug-likeness (QED) is 0.862. The summed E-state index contributed by atoms with van der Waals surface area (Å²) in [6, 6.07) is 9.62. The molecule has 0 saturated heterocycles. The number of fused-ring (bicyclic) bond motifs is 1. The number of aromatic nitrogens is 2. The van der Waals surface area contributed by atoms with Crippen LogP contribution < -0.4 is 10.9 Å². The van der Waals surface area contributed by atoms with E-state index in [1.165, 1.54) is 0 Å². The number of aromatic amines is 1. The minimum Gasteiger partial charge on any atom is -0.444 e. The highest BCUT2D eigenvalue weighted by molar-refractivity contribution is 5.67. The standard InChI is InChI=1S/C20H26N4O3/c1-20(2,3)27-19(26)21-10-12-24-11-9-15-16(13-24)22-17(23-18(15)25)14-7-5-4-6-8-14/h4-8H,9-13H2,1-3H3,(H,21,26)(H,22,23,25). The van der Waals surface area contributed by atoms with Crippen molar-refractivity contribution in [1.29, 1.82) is 0 Å². The molecule has 27 heavy (non-hydrogen) atoms. The van der Waals surface area contributed by atoms with Gasteiger partial charge in [-0.2, -0.15) is 0 Å². The molecule has 0 fully saturated rings. The third kappa shape index (κ3) is 5.17. The van der Waals surface area contributed by atoms with Crippen molar-refractivity contribution < 1.29 is 9.53 Å². The van der Waals surface area contributed by atoms with E-state index in [9.17, 15) is 9.59 Å². The molecule has 7 nitrogen and oxygen atoms in total. The third-order valence-corrected chi connectivity index (χ3v) is 4.30. The first-order valence-corrected chi connectivity index (χ1v) is 9.18. The Balaban J connectivity index is 1.63. The monoisotopic (exact) mass is 370 g/mol. The molecule has 1 aromatic heterocycles. The number of benzene rings is 1. The molecular weight excluding hydrogens is 344 g/mol. The maximum atomic E-state index is 12.4. The first-order valence-electron chi connectivity index (χ1n) is 9.18. The van der Waals surface area contributed by atoms with Crippen LogP contribution in [0.5, 0.6) is 0 Å². The molecule has 1 aromatic carbocycles. The molecule has 0 aliphatic carbocycles. The Morgan fingerprint density at radius 1 is 1.30 bits per heavy atom. The molecule has 0 atom stereocenters. The van der Waals surface area contributed by atoms with Gasteiger partial charge in [0.2, 0.25) is 0 Å². The van der Waals surface area contributed by atoms with Crippen LogP contribution in [0.1, 0.15) is 32.0 Å². The van der Waals surface area contributed by atoms with Crippen LogP contribution in [0.15, 0.2) is 35.1 Å². The van der Waals surface area contributed by atoms with Crippen molar-refractivity contribution in [2.45, 2.75) is 39.3 Å². The van der Waals surface area contributed by atoms with Gasteiger partial charge in [0.25, 0.3) is 5.56 Å². The van der Waals surface area contributed by atoms with Crippen LogP contribution in [0.25, 0.3) is 11.4 Å². The number of hydrogen-bond donors (Lipinski definition) is 2. The molecule has 1 amide bonds. The topological polar surface area (TPSA) is 87.3 Å². The van der Waals surface area contributed by atoms with Crippen LogP contribution in [0.2, 0.25) is 0 Å². The van der Waals surface area contributed by atoms with Crippen LogP contribution in [0, 0.1) is 0 Å². The number of ether oxygens (including phenoxy) is 1. The molecule has 2 aromatic rings. The normalized spacial score (nSPS) is 14.5. The highest BCUT2D eigenvalue weighted by Gasteiger charge is 2.22. The Bertz CT molecular complexity index is 856. The van der Waals surface area contributed by atoms with Crippen LogP contribution in [0.4, 0.5) is 4.79 Å². The van der Waals surface area contributed by atoms with Crippen molar-refractivity contribution >= 4 is 6.09 Å². The molecule has 0 bridgehead atoms. The smallest absolute Gasteiger partial charge is 0.407 e. The molecule has 2 heterocycles. The minimum absolute atomic E-state index is 0.0645. The molecular formula is C20H26N4O3. The Labute approximate surface area is 158 Å². The van der Waals surface area contributed by atoms with Crippen molar-refractivity contribution in [3.63, 3.8) is 0 Å². The van der Waals surface area contributed by atoms with Gasteiger partial charge in [0.1, 0.15) is 11.4 Å². The van der Waals surface area contributed by atoms with E-state index in [4.69, 9.17) is 4.74 Å². The molecule has 0 saturated carbocycles. The van der Waals surface area contributed by atoms with Crippen molar-refractivity contribution in [2.75, 3.05) is 19.6 Å². The maximum Gasteiger partial charge on any atom is 0.407 e. The predicted molar refractivity (Wildman–Crippen MR) is 104 cm³/mol. The number of hydrogen-bond acceptors (Lipinski definition) is 5. The molecule has 0 spiro atoms. The van der Waals surface area contributed by atoms with Crippen molar-refractivity contribution in [1.82, 2.24) is 20.2 Å². The van der Waals surface area contributed by atoms with Gasteiger partial charge in [-0.1, -0.05) is 30.3 Å². The first-order chi connectivity index (χ1) is 12.8. The van der Waals surface area contributed by atoms with Gasteiger partial charge in [-0.15, -0.1) is 0 Å². The second kappa shape index (κ2) is 7.92. The van der Waals surface area contributed by atoms with Gasteiger partial charge in [-0.3, -0.25) is 9.69 Å². The van der Waals surface area contributed by atoms with Gasteiger partial charge in [0.05, 0.1) is 5.69 Å². The number of nitrogens with zero attached hydrogens (tertiary/aromatic N) is 2. The van der Waals surface area contributed by atoms with E-state index in [1.54, 1.807) is 0 Å². The van der Waals surface area contributed by atoms with Gasteiger partial charge in [-0.05, 0) is 27.2 Å². The van der Waals surface area contributed by atoms with Crippen molar-refractivity contribution in [3.8, 4) is 11.4 Å². The Morgan fingerprint density at radius 2 is 2.04 bits per heavy atom. The summed E-state index contributed by atoms with van der Waals surface area (Å²) < 4.78 is 5.24. The SMILES string of the molecule is CC(C)(C)OC(=O)NCCN1CCc2c(nc(-c3ccccc3)[nH]c2=O)C1. The third-order valence-electron chi connectivity index (χ3n) is 4.30. The number of H-pyrrole nitrogens is 1. The number of nitrogens with one attached hydrogen (secondary N) is 2. The molecule has 7 heteroatoms. The second-order valence-corrected chi connectivity index (χ2v) is 7.66. The Kier molecular flexibility index (Phi) is 5.60. The number of carbonyl (C=O) groups is 1. The summed E-state index contributed by atoms with van der Waals surface area (Å²) in [6.07, 6.45) is 0.236. The zero-order chi connectivity index (χ0) is 19.4. The van der Waals surface area contributed by atoms with Gasteiger partial charge in [-0.25, -0.2) is 9.78 Å². The lowest BCUT2D eigenvalue weighted by atomic mass is 10.1. The average molecular weight is 370 g/mol. The van der Waals surface area contributed by atoms with Gasteiger partial charge >= 0.3 is 6.09 Å². The van der Waals surface area contributed by atoms with Crippen LogP contribution in [-0.2, 0) is 17.7 Å². The molecule has 3 rings (SSSR count). The number of rotatable bonds is 4. The summed E-state index contributed by atoms with van der Waals surface area (Å²) >= 11 is 0. The molecule has 144 valence electrons. The number of carbonyl (C=O) groups excluding carboxylic acids is 1. The summed E-state index contributed by atoms with van der Waals surface area (Å²) in [6.45, 7) is 8.02. The lowest BCUT2D eigenvalue weighted by molar-refractivity contribution is 0.0521. The lowest BCUT2D eigenvalue weighted by Gasteiger charge is -2.28. The van der Waals surface area contributed by atoms with Crippen molar-refractivity contribution in [2.24, 2.45) is 0 Å². The molecule has 1 aliphatic heterocycles. The highest BCUT2D eigenvalue weighted by Crippen LogP contribution is 2.18. The summed E-state index contributed by atoms with van der Waals surface area (Å²) in [7, 11) is 0. The summed E-state index contributed by atoms with van der Waals surface area (Å²) in [4.78, 5) is 33.9. The first kappa shape index (κ1) is 19.1. The van der Waals surface area contributed by atoms with E-state index < -0.39 is 11.7 Å². The fourth-order valence-electron chi connectivity index (χ4n) is 3.05. The fourth-order valence-corrected chi connectivity index (χ4v) is 3.05. The summed E-state index contributed by atoms with van der Waals surface area (Å²) in [5, 5.41) is 2.77. The van der Waals surface area contributed by atoms with Crippen LogP contribution >= 0.6 is 0 Å². The Hall–Kier alpha value is -2.67. The fraction of sp³-hybridized carbons (Fsp3) is 0.450. The maximum absolute atomic E-state index is 12.4. The number of alkyl carbamates (subject to hydrolysis) is 1. The van der Waals surface area contributed by atoms with Crippen LogP contribution in [0.3, 0.4) is 0 Å². The summed E-state index contributed by atoms with van der Waals surface area (Å²) in [5.41, 5.74) is 1.88. The van der Waals surface area contributed by atoms with Gasteiger partial charge in [0, 0.05) is 37.3 Å². The van der Waals surface area contributed by atoms with Crippen molar-refractivity contribution in [3.05, 3.63) is 51.9 Å². The molecule has 2 N–H and O–H groups in total. The van der Waals surface area contributed by atoms with E-state index in [-0.39, 0.29) is 5.56 Å². The zero-order valence-corrected chi connectivity index (χ0v) is 16.0. The highest BCUT2D eigenvalue weighted by atomic mass is 16.6. The minimum atomic E-state index is -0.507. The van der Waals surface area contributed by atoms with E-state index in [0.717, 1.165) is 23.4 Å². The zero-order valence-electron chi connectivity index (χ0n) is 16.0. The molecule has 0 radical (unpaired) electrons. The Morgan fingerprint density at radius 3 is 2.74 bits per heavy atom. The lowest BCUT2D eigenvalue weighted by Crippen LogP contribution is -2.41. The summed E-state index contributed by atoms with van der Waals surface area (Å²) in [5.74, 6) is 0.591. The largest absolute Gasteiger partial charge is 0.444 e. The van der Waals surface area contributed by atoms with E-state index in [0.29, 0.717) is 31.9 Å². The van der Waals surface area contributed by atoms with Gasteiger partial charge < -0.3 is 15.0 Å². The molecule has 1 aliphatic rings. The van der Waals surface area contributed by atoms with E-state index >= 15 is 0 Å². The van der Waals surface area contributed by atoms with E-state index in [2.05, 4.69) is 20.2 Å². The predicted octanol–water partition coefficient (Wildman–Crippen LogP) is 2.32. The molecule has 0 unspecified atom stereocenters. The van der Waals surface area contributed by atoms with E-state index in [1.807, 2.05) is 51.1 Å².